The second-order valence-corrected chi connectivity index (χ2v) is 7.79. The molecule has 2 rings (SSSR count). The summed E-state index contributed by atoms with van der Waals surface area (Å²) in [6.45, 7) is 2.81. The highest BCUT2D eigenvalue weighted by molar-refractivity contribution is 6.39. The number of hydrogen-bond acceptors (Lipinski definition) is 4. The van der Waals surface area contributed by atoms with Gasteiger partial charge in [0.25, 0.3) is 0 Å². The zero-order valence-corrected chi connectivity index (χ0v) is 16.7. The molecule has 0 aliphatic rings. The Labute approximate surface area is 170 Å². The van der Waals surface area contributed by atoms with Gasteiger partial charge in [0.1, 0.15) is 11.5 Å². The lowest BCUT2D eigenvalue weighted by atomic mass is 9.79. The van der Waals surface area contributed by atoms with Crippen LogP contribution in [0.2, 0.25) is 20.1 Å². The number of Topliss-reactive ketones (excluding diaryl/α,β-unsaturated/α-hetero) is 2. The Bertz CT molecular complexity index is 801. The monoisotopic (exact) mass is 434 g/mol. The second-order valence-electron chi connectivity index (χ2n) is 6.10. The molecule has 0 saturated heterocycles. The Morgan fingerprint density at radius 1 is 0.885 bits per heavy atom. The molecule has 0 aliphatic heterocycles. The zero-order chi connectivity index (χ0) is 19.6. The van der Waals surface area contributed by atoms with Gasteiger partial charge in [0.15, 0.2) is 11.6 Å². The number of rotatable bonds is 6. The number of benzene rings is 2. The van der Waals surface area contributed by atoms with Crippen molar-refractivity contribution in [3.8, 4) is 0 Å². The fraction of sp³-hybridized carbons (Fsp3) is 0.222. The van der Waals surface area contributed by atoms with Crippen molar-refractivity contribution in [1.82, 2.24) is 0 Å². The van der Waals surface area contributed by atoms with Crippen LogP contribution >= 0.6 is 46.4 Å². The van der Waals surface area contributed by atoms with E-state index in [-0.39, 0.29) is 21.2 Å². The third kappa shape index (κ3) is 4.39. The van der Waals surface area contributed by atoms with Crippen LogP contribution in [0.15, 0.2) is 36.4 Å². The van der Waals surface area contributed by atoms with Crippen molar-refractivity contribution < 1.29 is 19.7 Å². The predicted octanol–water partition coefficient (Wildman–Crippen LogP) is 6.25. The summed E-state index contributed by atoms with van der Waals surface area (Å²) in [4.78, 5) is 30.6. The molecule has 0 atom stereocenters. The molecule has 0 aromatic heterocycles. The van der Waals surface area contributed by atoms with Gasteiger partial charge in [0.2, 0.25) is 0 Å². The number of halogens is 4. The Balaban J connectivity index is 2.56. The van der Waals surface area contributed by atoms with Gasteiger partial charge in [0, 0.05) is 21.2 Å². The van der Waals surface area contributed by atoms with Gasteiger partial charge in [-0.25, -0.2) is 4.89 Å². The Morgan fingerprint density at radius 2 is 1.27 bits per heavy atom. The maximum Gasteiger partial charge on any atom is 0.178 e. The van der Waals surface area contributed by atoms with Crippen molar-refractivity contribution >= 4 is 58.0 Å². The van der Waals surface area contributed by atoms with Crippen molar-refractivity contribution in [2.75, 3.05) is 0 Å². The van der Waals surface area contributed by atoms with Gasteiger partial charge in [-0.2, -0.15) is 0 Å². The third-order valence-electron chi connectivity index (χ3n) is 3.85. The molecule has 138 valence electrons. The van der Waals surface area contributed by atoms with Gasteiger partial charge in [-0.3, -0.25) is 14.8 Å². The molecule has 2 aromatic rings. The van der Waals surface area contributed by atoms with Crippen molar-refractivity contribution in [2.24, 2.45) is 5.92 Å². The molecule has 0 heterocycles. The Kier molecular flexibility index (Phi) is 6.72. The van der Waals surface area contributed by atoms with Crippen molar-refractivity contribution in [2.45, 2.75) is 19.4 Å². The molecule has 0 radical (unpaired) electrons. The lowest BCUT2D eigenvalue weighted by molar-refractivity contribution is -0.317. The van der Waals surface area contributed by atoms with Crippen LogP contribution in [-0.2, 0) is 4.89 Å². The second kappa shape index (κ2) is 8.26. The lowest BCUT2D eigenvalue weighted by Crippen LogP contribution is -2.44. The molecule has 2 aromatic carbocycles. The van der Waals surface area contributed by atoms with Gasteiger partial charge in [0.05, 0.1) is 10.0 Å². The van der Waals surface area contributed by atoms with Crippen LogP contribution < -0.4 is 0 Å². The van der Waals surface area contributed by atoms with Crippen LogP contribution in [-0.4, -0.2) is 22.4 Å². The van der Waals surface area contributed by atoms with Crippen molar-refractivity contribution in [1.29, 1.82) is 0 Å². The number of carbonyl (C=O) groups is 2. The van der Waals surface area contributed by atoms with Crippen molar-refractivity contribution in [3.05, 3.63) is 67.6 Å². The van der Waals surface area contributed by atoms with E-state index in [4.69, 9.17) is 46.4 Å². The molecule has 1 N–H and O–H groups in total. The summed E-state index contributed by atoms with van der Waals surface area (Å²) >= 11 is 23.9. The summed E-state index contributed by atoms with van der Waals surface area (Å²) < 4.78 is 0. The normalized spacial score (nSPS) is 11.7. The summed E-state index contributed by atoms with van der Waals surface area (Å²) in [5, 5.41) is 10.1. The molecular formula is C18H14Cl4O4. The quantitative estimate of drug-likeness (QED) is 0.252. The van der Waals surface area contributed by atoms with Crippen LogP contribution in [0.3, 0.4) is 0 Å². The summed E-state index contributed by atoms with van der Waals surface area (Å²) in [5.74, 6) is -2.69. The van der Waals surface area contributed by atoms with Crippen LogP contribution in [0, 0.1) is 5.92 Å². The average Bonchev–Trinajstić information content (AvgIpc) is 2.54. The Morgan fingerprint density at radius 3 is 1.58 bits per heavy atom. The van der Waals surface area contributed by atoms with Gasteiger partial charge in [-0.1, -0.05) is 46.4 Å². The lowest BCUT2D eigenvalue weighted by Gasteiger charge is -2.29. The first-order valence-corrected chi connectivity index (χ1v) is 8.90. The van der Waals surface area contributed by atoms with Crippen LogP contribution in [0.1, 0.15) is 34.6 Å². The minimum Gasteiger partial charge on any atom is -0.293 e. The van der Waals surface area contributed by atoms with E-state index in [1.165, 1.54) is 50.2 Å². The number of hydrogen-bond donors (Lipinski definition) is 1. The highest BCUT2D eigenvalue weighted by atomic mass is 35.5. The van der Waals surface area contributed by atoms with Gasteiger partial charge >= 0.3 is 0 Å². The summed E-state index contributed by atoms with van der Waals surface area (Å²) in [6, 6.07) is 8.54. The standard InChI is InChI=1S/C18H14Cl4O4/c1-18(2,26-25)15(16(23)11-5-3-9(19)7-13(11)21)17(24)12-6-4-10(20)8-14(12)22/h3-8,15,25H,1-2H3. The van der Waals surface area contributed by atoms with E-state index < -0.39 is 23.1 Å². The largest absolute Gasteiger partial charge is 0.293 e. The fourth-order valence-corrected chi connectivity index (χ4v) is 3.50. The van der Waals surface area contributed by atoms with Crippen LogP contribution in [0.5, 0.6) is 0 Å². The molecule has 0 aliphatic carbocycles. The van der Waals surface area contributed by atoms with E-state index in [1.807, 2.05) is 0 Å². The minimum atomic E-state index is -1.54. The SMILES string of the molecule is CC(C)(OO)C(C(=O)c1ccc(Cl)cc1Cl)C(=O)c1ccc(Cl)cc1Cl. The maximum absolute atomic E-state index is 13.1. The van der Waals surface area contributed by atoms with E-state index in [2.05, 4.69) is 4.89 Å². The topological polar surface area (TPSA) is 63.6 Å². The summed E-state index contributed by atoms with van der Waals surface area (Å²) in [5.41, 5.74) is -1.39. The molecule has 4 nitrogen and oxygen atoms in total. The Hall–Kier alpha value is -1.14. The zero-order valence-electron chi connectivity index (χ0n) is 13.7. The molecule has 0 amide bonds. The predicted molar refractivity (Wildman–Crippen MR) is 103 cm³/mol. The van der Waals surface area contributed by atoms with Gasteiger partial charge in [-0.05, 0) is 50.2 Å². The molecule has 0 unspecified atom stereocenters. The van der Waals surface area contributed by atoms with E-state index in [0.29, 0.717) is 10.0 Å². The highest BCUT2D eigenvalue weighted by Gasteiger charge is 2.44. The smallest absolute Gasteiger partial charge is 0.178 e. The maximum atomic E-state index is 13.1. The van der Waals surface area contributed by atoms with Gasteiger partial charge in [-0.15, -0.1) is 0 Å². The van der Waals surface area contributed by atoms with Crippen LogP contribution in [0.25, 0.3) is 0 Å². The van der Waals surface area contributed by atoms with Crippen LogP contribution in [0.4, 0.5) is 0 Å². The fourth-order valence-electron chi connectivity index (χ4n) is 2.49. The summed E-state index contributed by atoms with van der Waals surface area (Å²) in [6.07, 6.45) is 0. The minimum absolute atomic E-state index is 0.0737. The average molecular weight is 436 g/mol. The molecule has 8 heteroatoms. The van der Waals surface area contributed by atoms with E-state index >= 15 is 0 Å². The molecule has 0 bridgehead atoms. The van der Waals surface area contributed by atoms with E-state index in [1.54, 1.807) is 0 Å². The molecule has 0 fully saturated rings. The molecule has 0 spiro atoms. The third-order valence-corrected chi connectivity index (χ3v) is 4.94. The first-order chi connectivity index (χ1) is 12.1. The molecule has 0 saturated carbocycles. The summed E-state index contributed by atoms with van der Waals surface area (Å²) in [7, 11) is 0. The first-order valence-electron chi connectivity index (χ1n) is 7.39. The number of ketones is 2. The highest BCUT2D eigenvalue weighted by Crippen LogP contribution is 2.33. The van der Waals surface area contributed by atoms with Crippen molar-refractivity contribution in [3.63, 3.8) is 0 Å². The number of carbonyl (C=O) groups excluding carboxylic acids is 2. The van der Waals surface area contributed by atoms with E-state index in [9.17, 15) is 14.8 Å². The van der Waals surface area contributed by atoms with Gasteiger partial charge < -0.3 is 0 Å². The molecular weight excluding hydrogens is 422 g/mol. The first kappa shape index (κ1) is 21.2. The molecule has 26 heavy (non-hydrogen) atoms. The van der Waals surface area contributed by atoms with E-state index in [0.717, 1.165) is 0 Å².